The molecule has 0 radical (unpaired) electrons. The highest BCUT2D eigenvalue weighted by Gasteiger charge is 2.40. The van der Waals surface area contributed by atoms with Crippen molar-refractivity contribution in [2.45, 2.75) is 31.5 Å². The van der Waals surface area contributed by atoms with Crippen molar-refractivity contribution in [3.05, 3.63) is 42.1 Å². The highest BCUT2D eigenvalue weighted by Crippen LogP contribution is 2.31. The van der Waals surface area contributed by atoms with Crippen LogP contribution in [0.2, 0.25) is 0 Å². The van der Waals surface area contributed by atoms with Gasteiger partial charge < -0.3 is 14.4 Å². The first-order chi connectivity index (χ1) is 12.7. The van der Waals surface area contributed by atoms with Crippen LogP contribution in [0, 0.1) is 0 Å². The maximum Gasteiger partial charge on any atom is 0.222 e. The predicted octanol–water partition coefficient (Wildman–Crippen LogP) is 2.39. The van der Waals surface area contributed by atoms with E-state index in [1.54, 1.807) is 0 Å². The summed E-state index contributed by atoms with van der Waals surface area (Å²) in [6.45, 7) is 2.74. The lowest BCUT2D eigenvalue weighted by Crippen LogP contribution is -2.47. The molecule has 1 spiro atoms. The molecule has 0 unspecified atom stereocenters. The van der Waals surface area contributed by atoms with Gasteiger partial charge in [-0.15, -0.1) is 0 Å². The molecule has 2 saturated heterocycles. The largest absolute Gasteiger partial charge is 0.347 e. The monoisotopic (exact) mass is 355 g/mol. The van der Waals surface area contributed by atoms with E-state index in [1.165, 1.54) is 0 Å². The number of aromatic nitrogens is 2. The Morgan fingerprint density at radius 2 is 1.85 bits per heavy atom. The molecule has 6 nitrogen and oxygen atoms in total. The van der Waals surface area contributed by atoms with Gasteiger partial charge in [0, 0.05) is 51.2 Å². The molecule has 1 aromatic carbocycles. The van der Waals surface area contributed by atoms with Gasteiger partial charge >= 0.3 is 0 Å². The first kappa shape index (κ1) is 17.2. The molecule has 2 aromatic rings. The topological polar surface area (TPSA) is 56.6 Å². The average Bonchev–Trinajstić information content (AvgIpc) is 3.28. The van der Waals surface area contributed by atoms with E-state index < -0.39 is 5.79 Å². The number of rotatable bonds is 4. The number of amides is 1. The first-order valence-electron chi connectivity index (χ1n) is 9.29. The normalized spacial score (nSPS) is 19.2. The smallest absolute Gasteiger partial charge is 0.222 e. The summed E-state index contributed by atoms with van der Waals surface area (Å²) in [7, 11) is 1.92. The molecule has 0 atom stereocenters. The van der Waals surface area contributed by atoms with Crippen molar-refractivity contribution in [3.8, 4) is 11.3 Å². The number of nitrogens with zero attached hydrogens (tertiary/aromatic N) is 3. The van der Waals surface area contributed by atoms with E-state index in [0.717, 1.165) is 29.7 Å². The van der Waals surface area contributed by atoms with Crippen molar-refractivity contribution < 1.29 is 14.3 Å². The highest BCUT2D eigenvalue weighted by atomic mass is 16.7. The van der Waals surface area contributed by atoms with Gasteiger partial charge in [-0.2, -0.15) is 5.10 Å². The standard InChI is InChI=1S/C20H25N3O3/c1-22-15-17(19(21-22)16-5-3-2-4-6-16)7-8-18(24)23-11-9-20(10-12-23)25-13-14-26-20/h2-6,15H,7-14H2,1H3. The zero-order valence-electron chi connectivity index (χ0n) is 15.2. The lowest BCUT2D eigenvalue weighted by atomic mass is 10.0. The number of carbonyl (C=O) groups is 1. The van der Waals surface area contributed by atoms with Gasteiger partial charge in [0.1, 0.15) is 0 Å². The Bertz CT molecular complexity index is 756. The van der Waals surface area contributed by atoms with Crippen LogP contribution in [-0.4, -0.2) is 52.7 Å². The Morgan fingerprint density at radius 3 is 2.54 bits per heavy atom. The minimum Gasteiger partial charge on any atom is -0.347 e. The number of carbonyl (C=O) groups excluding carboxylic acids is 1. The van der Waals surface area contributed by atoms with E-state index in [1.807, 2.05) is 41.0 Å². The van der Waals surface area contributed by atoms with Crippen molar-refractivity contribution in [3.63, 3.8) is 0 Å². The number of benzene rings is 1. The van der Waals surface area contributed by atoms with Gasteiger partial charge in [-0.1, -0.05) is 30.3 Å². The Labute approximate surface area is 153 Å². The van der Waals surface area contributed by atoms with E-state index in [0.29, 0.717) is 39.1 Å². The molecule has 26 heavy (non-hydrogen) atoms. The van der Waals surface area contributed by atoms with E-state index in [2.05, 4.69) is 17.2 Å². The zero-order valence-corrected chi connectivity index (χ0v) is 15.2. The summed E-state index contributed by atoms with van der Waals surface area (Å²) in [6.07, 6.45) is 4.74. The number of likely N-dealkylation sites (tertiary alicyclic amines) is 1. The lowest BCUT2D eigenvalue weighted by molar-refractivity contribution is -0.187. The fourth-order valence-electron chi connectivity index (χ4n) is 3.84. The summed E-state index contributed by atoms with van der Waals surface area (Å²) in [5, 5.41) is 4.58. The molecule has 0 saturated carbocycles. The van der Waals surface area contributed by atoms with Crippen LogP contribution in [0.5, 0.6) is 0 Å². The maximum atomic E-state index is 12.6. The van der Waals surface area contributed by atoms with Gasteiger partial charge in [0.05, 0.1) is 18.9 Å². The Morgan fingerprint density at radius 1 is 1.15 bits per heavy atom. The van der Waals surface area contributed by atoms with E-state index in [-0.39, 0.29) is 5.91 Å². The van der Waals surface area contributed by atoms with Crippen molar-refractivity contribution in [2.24, 2.45) is 7.05 Å². The quantitative estimate of drug-likeness (QED) is 0.845. The summed E-state index contributed by atoms with van der Waals surface area (Å²) >= 11 is 0. The molecule has 1 aromatic heterocycles. The molecule has 6 heteroatoms. The molecule has 3 heterocycles. The first-order valence-corrected chi connectivity index (χ1v) is 9.29. The Hall–Kier alpha value is -2.18. The van der Waals surface area contributed by atoms with Crippen LogP contribution in [0.1, 0.15) is 24.8 Å². The molecule has 1 amide bonds. The van der Waals surface area contributed by atoms with Crippen LogP contribution in [-0.2, 0) is 27.7 Å². The summed E-state index contributed by atoms with van der Waals surface area (Å²) in [5.41, 5.74) is 3.17. The molecular formula is C20H25N3O3. The Balaban J connectivity index is 1.37. The molecule has 0 bridgehead atoms. The minimum atomic E-state index is -0.430. The Kier molecular flexibility index (Phi) is 4.78. The fraction of sp³-hybridized carbons (Fsp3) is 0.500. The summed E-state index contributed by atoms with van der Waals surface area (Å²) in [4.78, 5) is 14.6. The van der Waals surface area contributed by atoms with Gasteiger partial charge in [0.25, 0.3) is 0 Å². The van der Waals surface area contributed by atoms with Crippen LogP contribution in [0.15, 0.2) is 36.5 Å². The van der Waals surface area contributed by atoms with Crippen molar-refractivity contribution in [1.82, 2.24) is 14.7 Å². The fourth-order valence-corrected chi connectivity index (χ4v) is 3.84. The number of aryl methyl sites for hydroxylation is 2. The summed E-state index contributed by atoms with van der Waals surface area (Å²) in [6, 6.07) is 10.1. The van der Waals surface area contributed by atoms with E-state index >= 15 is 0 Å². The second kappa shape index (κ2) is 7.21. The van der Waals surface area contributed by atoms with E-state index in [9.17, 15) is 4.79 Å². The second-order valence-electron chi connectivity index (χ2n) is 7.03. The van der Waals surface area contributed by atoms with Crippen LogP contribution < -0.4 is 0 Å². The molecule has 2 fully saturated rings. The lowest BCUT2D eigenvalue weighted by Gasteiger charge is -2.37. The van der Waals surface area contributed by atoms with Gasteiger partial charge in [-0.25, -0.2) is 0 Å². The molecule has 4 rings (SSSR count). The molecule has 0 N–H and O–H groups in total. The molecule has 138 valence electrons. The van der Waals surface area contributed by atoms with Gasteiger partial charge in [-0.3, -0.25) is 9.48 Å². The van der Waals surface area contributed by atoms with Crippen LogP contribution in [0.3, 0.4) is 0 Å². The summed E-state index contributed by atoms with van der Waals surface area (Å²) in [5.74, 6) is -0.235. The minimum absolute atomic E-state index is 0.195. The third kappa shape index (κ3) is 3.52. The van der Waals surface area contributed by atoms with Crippen molar-refractivity contribution >= 4 is 5.91 Å². The van der Waals surface area contributed by atoms with E-state index in [4.69, 9.17) is 9.47 Å². The van der Waals surface area contributed by atoms with Crippen molar-refractivity contribution in [1.29, 1.82) is 0 Å². The number of hydrogen-bond donors (Lipinski definition) is 0. The third-order valence-electron chi connectivity index (χ3n) is 5.25. The van der Waals surface area contributed by atoms with Gasteiger partial charge in [-0.05, 0) is 12.0 Å². The highest BCUT2D eigenvalue weighted by molar-refractivity contribution is 5.77. The molecular weight excluding hydrogens is 330 g/mol. The predicted molar refractivity (Wildman–Crippen MR) is 97.4 cm³/mol. The summed E-state index contributed by atoms with van der Waals surface area (Å²) < 4.78 is 13.3. The number of piperidine rings is 1. The van der Waals surface area contributed by atoms with Gasteiger partial charge in [0.2, 0.25) is 5.91 Å². The molecule has 2 aliphatic rings. The van der Waals surface area contributed by atoms with Crippen LogP contribution in [0.4, 0.5) is 0 Å². The second-order valence-corrected chi connectivity index (χ2v) is 7.03. The SMILES string of the molecule is Cn1cc(CCC(=O)N2CCC3(CC2)OCCO3)c(-c2ccccc2)n1. The zero-order chi connectivity index (χ0) is 18.0. The third-order valence-corrected chi connectivity index (χ3v) is 5.25. The average molecular weight is 355 g/mol. The molecule has 2 aliphatic heterocycles. The van der Waals surface area contributed by atoms with Crippen molar-refractivity contribution in [2.75, 3.05) is 26.3 Å². The number of ether oxygens (including phenoxy) is 2. The maximum absolute atomic E-state index is 12.6. The van der Waals surface area contributed by atoms with Gasteiger partial charge in [0.15, 0.2) is 5.79 Å². The van der Waals surface area contributed by atoms with Crippen LogP contribution >= 0.6 is 0 Å². The number of hydrogen-bond acceptors (Lipinski definition) is 4. The van der Waals surface area contributed by atoms with Crippen LogP contribution in [0.25, 0.3) is 11.3 Å². The molecule has 0 aliphatic carbocycles.